The van der Waals surface area contributed by atoms with Gasteiger partial charge in [-0.05, 0) is 39.0 Å². The first-order valence-electron chi connectivity index (χ1n) is 5.78. The fourth-order valence-corrected chi connectivity index (χ4v) is 2.06. The maximum absolute atomic E-state index is 13.2. The molecular formula is C11H12F9I. The lowest BCUT2D eigenvalue weighted by Crippen LogP contribution is -2.60. The van der Waals surface area contributed by atoms with Gasteiger partial charge in [0.25, 0.3) is 0 Å². The summed E-state index contributed by atoms with van der Waals surface area (Å²) in [6.45, 7) is 1.78. The van der Waals surface area contributed by atoms with Crippen molar-refractivity contribution >= 4 is 22.6 Å². The van der Waals surface area contributed by atoms with Gasteiger partial charge in [0.05, 0.1) is 0 Å². The van der Waals surface area contributed by atoms with Crippen LogP contribution in [0.1, 0.15) is 32.6 Å². The standard InChI is InChI=1S/C11H12F9I/c1-2-3-4-5-7(21)6-8(12,13)9(14,15)10(16,17)11(18,19)20/h6H,2-5H2,1H3/b7-6+. The van der Waals surface area contributed by atoms with E-state index >= 15 is 0 Å². The molecule has 0 saturated carbocycles. The van der Waals surface area contributed by atoms with Crippen molar-refractivity contribution in [3.05, 3.63) is 9.66 Å². The summed E-state index contributed by atoms with van der Waals surface area (Å²) in [5.41, 5.74) is 0. The van der Waals surface area contributed by atoms with Crippen molar-refractivity contribution in [1.82, 2.24) is 0 Å². The van der Waals surface area contributed by atoms with Crippen LogP contribution < -0.4 is 0 Å². The van der Waals surface area contributed by atoms with Crippen molar-refractivity contribution in [3.63, 3.8) is 0 Å². The third-order valence-electron chi connectivity index (χ3n) is 2.53. The zero-order valence-corrected chi connectivity index (χ0v) is 12.8. The molecule has 0 fully saturated rings. The third-order valence-corrected chi connectivity index (χ3v) is 3.38. The van der Waals surface area contributed by atoms with Crippen LogP contribution in [0, 0.1) is 0 Å². The zero-order valence-electron chi connectivity index (χ0n) is 10.7. The summed E-state index contributed by atoms with van der Waals surface area (Å²) in [7, 11) is 0. The number of allylic oxidation sites excluding steroid dienone is 2. The van der Waals surface area contributed by atoms with Crippen LogP contribution in [-0.2, 0) is 0 Å². The van der Waals surface area contributed by atoms with Gasteiger partial charge in [-0.25, -0.2) is 0 Å². The summed E-state index contributed by atoms with van der Waals surface area (Å²) >= 11 is 1.22. The Morgan fingerprint density at radius 3 is 1.71 bits per heavy atom. The molecule has 0 nitrogen and oxygen atoms in total. The number of hydrogen-bond acceptors (Lipinski definition) is 0. The monoisotopic (exact) mass is 442 g/mol. The van der Waals surface area contributed by atoms with E-state index in [9.17, 15) is 39.5 Å². The Kier molecular flexibility index (Phi) is 6.89. The molecule has 0 N–H and O–H groups in total. The summed E-state index contributed by atoms with van der Waals surface area (Å²) in [5.74, 6) is -19.0. The molecule has 0 rings (SSSR count). The lowest BCUT2D eigenvalue weighted by Gasteiger charge is -2.32. The molecule has 0 bridgehead atoms. The summed E-state index contributed by atoms with van der Waals surface area (Å²) < 4.78 is 113. The van der Waals surface area contributed by atoms with E-state index in [1.54, 1.807) is 6.92 Å². The minimum Gasteiger partial charge on any atom is -0.195 e. The lowest BCUT2D eigenvalue weighted by molar-refractivity contribution is -0.388. The number of rotatable bonds is 7. The van der Waals surface area contributed by atoms with Crippen LogP contribution in [0.25, 0.3) is 0 Å². The van der Waals surface area contributed by atoms with Gasteiger partial charge in [0.1, 0.15) is 0 Å². The van der Waals surface area contributed by atoms with Gasteiger partial charge in [-0.1, -0.05) is 19.8 Å². The minimum absolute atomic E-state index is 0.0995. The first-order chi connectivity index (χ1) is 9.20. The smallest absolute Gasteiger partial charge is 0.195 e. The highest BCUT2D eigenvalue weighted by molar-refractivity contribution is 14.1. The van der Waals surface area contributed by atoms with E-state index in [4.69, 9.17) is 0 Å². The topological polar surface area (TPSA) is 0 Å². The molecule has 0 aromatic heterocycles. The Hall–Kier alpha value is -0.160. The Morgan fingerprint density at radius 2 is 1.33 bits per heavy atom. The SMILES string of the molecule is CCCCC/C(I)=C\C(F)(F)C(F)(F)C(F)(F)C(F)(F)F. The lowest BCUT2D eigenvalue weighted by atomic mass is 10.0. The van der Waals surface area contributed by atoms with Crippen molar-refractivity contribution in [1.29, 1.82) is 0 Å². The molecule has 0 aliphatic rings. The molecule has 0 amide bonds. The van der Waals surface area contributed by atoms with Gasteiger partial charge in [-0.2, -0.15) is 39.5 Å². The molecule has 0 aromatic rings. The maximum atomic E-state index is 13.2. The van der Waals surface area contributed by atoms with Crippen LogP contribution in [0.3, 0.4) is 0 Å². The Labute approximate surface area is 128 Å². The molecule has 10 heteroatoms. The van der Waals surface area contributed by atoms with Crippen LogP contribution in [0.15, 0.2) is 9.66 Å². The van der Waals surface area contributed by atoms with Crippen LogP contribution in [0.5, 0.6) is 0 Å². The largest absolute Gasteiger partial charge is 0.460 e. The first kappa shape index (κ1) is 20.8. The van der Waals surface area contributed by atoms with E-state index in [1.165, 1.54) is 22.6 Å². The second-order valence-corrected chi connectivity index (χ2v) is 5.70. The molecule has 126 valence electrons. The van der Waals surface area contributed by atoms with Crippen LogP contribution in [0.4, 0.5) is 39.5 Å². The van der Waals surface area contributed by atoms with E-state index in [0.29, 0.717) is 19.3 Å². The van der Waals surface area contributed by atoms with E-state index in [-0.39, 0.29) is 6.42 Å². The summed E-state index contributed by atoms with van der Waals surface area (Å²) in [4.78, 5) is 0. The molecule has 0 atom stereocenters. The second kappa shape index (κ2) is 6.95. The minimum atomic E-state index is -6.83. The Balaban J connectivity index is 5.34. The molecule has 0 spiro atoms. The molecule has 0 aliphatic carbocycles. The molecule has 21 heavy (non-hydrogen) atoms. The molecule has 0 saturated heterocycles. The van der Waals surface area contributed by atoms with E-state index in [0.717, 1.165) is 0 Å². The number of halogens is 10. The number of alkyl halides is 9. The maximum Gasteiger partial charge on any atom is 0.460 e. The average molecular weight is 442 g/mol. The van der Waals surface area contributed by atoms with Gasteiger partial charge in [0, 0.05) is 6.08 Å². The number of hydrogen-bond donors (Lipinski definition) is 0. The molecule has 0 aliphatic heterocycles. The average Bonchev–Trinajstić information content (AvgIpc) is 2.26. The highest BCUT2D eigenvalue weighted by Gasteiger charge is 2.81. The predicted octanol–water partition coefficient (Wildman–Crippen LogP) is 6.35. The fourth-order valence-electron chi connectivity index (χ4n) is 1.29. The van der Waals surface area contributed by atoms with Crippen LogP contribution in [-0.4, -0.2) is 23.9 Å². The van der Waals surface area contributed by atoms with Crippen LogP contribution in [0.2, 0.25) is 0 Å². The molecule has 0 radical (unpaired) electrons. The van der Waals surface area contributed by atoms with Gasteiger partial charge in [0.2, 0.25) is 0 Å². The highest BCUT2D eigenvalue weighted by atomic mass is 127. The van der Waals surface area contributed by atoms with Crippen molar-refractivity contribution < 1.29 is 39.5 Å². The quantitative estimate of drug-likeness (QED) is 0.245. The first-order valence-corrected chi connectivity index (χ1v) is 6.86. The van der Waals surface area contributed by atoms with Gasteiger partial charge in [0.15, 0.2) is 0 Å². The van der Waals surface area contributed by atoms with Crippen LogP contribution >= 0.6 is 22.6 Å². The van der Waals surface area contributed by atoms with Crippen molar-refractivity contribution in [2.45, 2.75) is 56.6 Å². The molecule has 0 unspecified atom stereocenters. The molecule has 0 aromatic carbocycles. The third kappa shape index (κ3) is 4.65. The highest BCUT2D eigenvalue weighted by Crippen LogP contribution is 2.53. The van der Waals surface area contributed by atoms with Gasteiger partial charge >= 0.3 is 23.9 Å². The zero-order chi connectivity index (χ0) is 17.1. The molecule has 0 heterocycles. The number of unbranched alkanes of at least 4 members (excludes halogenated alkanes) is 2. The fraction of sp³-hybridized carbons (Fsp3) is 0.818. The van der Waals surface area contributed by atoms with Crippen molar-refractivity contribution in [2.75, 3.05) is 0 Å². The summed E-state index contributed by atoms with van der Waals surface area (Å²) in [6.07, 6.45) is -5.78. The Morgan fingerprint density at radius 1 is 0.857 bits per heavy atom. The second-order valence-electron chi connectivity index (χ2n) is 4.32. The predicted molar refractivity (Wildman–Crippen MR) is 67.1 cm³/mol. The van der Waals surface area contributed by atoms with Gasteiger partial charge < -0.3 is 0 Å². The van der Waals surface area contributed by atoms with Gasteiger partial charge in [-0.3, -0.25) is 0 Å². The van der Waals surface area contributed by atoms with E-state index in [1.807, 2.05) is 0 Å². The van der Waals surface area contributed by atoms with E-state index < -0.39 is 33.6 Å². The van der Waals surface area contributed by atoms with Gasteiger partial charge in [-0.15, -0.1) is 0 Å². The summed E-state index contributed by atoms with van der Waals surface area (Å²) in [6, 6.07) is 0. The van der Waals surface area contributed by atoms with Crippen molar-refractivity contribution in [2.24, 2.45) is 0 Å². The van der Waals surface area contributed by atoms with Crippen molar-refractivity contribution in [3.8, 4) is 0 Å². The van der Waals surface area contributed by atoms with E-state index in [2.05, 4.69) is 0 Å². The molecular weight excluding hydrogens is 430 g/mol. The Bertz CT molecular complexity index is 370. The summed E-state index contributed by atoms with van der Waals surface area (Å²) in [5, 5.41) is 0. The normalized spacial score (nSPS) is 15.5.